The molecule has 1 N–H and O–H groups in total. The summed E-state index contributed by atoms with van der Waals surface area (Å²) in [5, 5.41) is 4.99. The Balaban J connectivity index is 2.13. The van der Waals surface area contributed by atoms with E-state index in [-0.39, 0.29) is 12.2 Å². The summed E-state index contributed by atoms with van der Waals surface area (Å²) in [4.78, 5) is 11.0. The number of ether oxygens (including phenoxy) is 1. The fraction of sp³-hybridized carbons (Fsp3) is 0.154. The van der Waals surface area contributed by atoms with Crippen molar-refractivity contribution in [3.8, 4) is 0 Å². The second-order valence-electron chi connectivity index (χ2n) is 3.84. The molecule has 0 aromatic heterocycles. The standard InChI is InChI=1S/C13H11NO2/c15-13-14-8-12(16-13)11-7-3-5-9-4-1-2-6-10(9)11/h1-7,12H,8H2,(H,14,15)/t12-/m0/s1. The van der Waals surface area contributed by atoms with Crippen molar-refractivity contribution >= 4 is 16.9 Å². The third-order valence-corrected chi connectivity index (χ3v) is 2.85. The number of nitrogens with one attached hydrogen (secondary N) is 1. The minimum atomic E-state index is -0.335. The molecule has 1 aliphatic heterocycles. The topological polar surface area (TPSA) is 38.3 Å². The van der Waals surface area contributed by atoms with Gasteiger partial charge in [0.25, 0.3) is 0 Å². The molecular weight excluding hydrogens is 202 g/mol. The van der Waals surface area contributed by atoms with Gasteiger partial charge in [-0.15, -0.1) is 0 Å². The molecule has 0 spiro atoms. The lowest BCUT2D eigenvalue weighted by Crippen LogP contribution is -2.12. The maximum atomic E-state index is 11.0. The van der Waals surface area contributed by atoms with Gasteiger partial charge >= 0.3 is 6.09 Å². The molecular formula is C13H11NO2. The Labute approximate surface area is 93.0 Å². The predicted molar refractivity (Wildman–Crippen MR) is 61.2 cm³/mol. The number of hydrogen-bond acceptors (Lipinski definition) is 2. The fourth-order valence-electron chi connectivity index (χ4n) is 2.09. The molecule has 1 amide bonds. The molecule has 2 aromatic rings. The van der Waals surface area contributed by atoms with Crippen molar-refractivity contribution in [2.75, 3.05) is 6.54 Å². The van der Waals surface area contributed by atoms with E-state index in [2.05, 4.69) is 23.5 Å². The van der Waals surface area contributed by atoms with E-state index in [0.29, 0.717) is 6.54 Å². The summed E-state index contributed by atoms with van der Waals surface area (Å²) in [7, 11) is 0. The summed E-state index contributed by atoms with van der Waals surface area (Å²) in [6.45, 7) is 0.548. The number of rotatable bonds is 1. The second kappa shape index (κ2) is 3.52. The molecule has 1 heterocycles. The largest absolute Gasteiger partial charge is 0.439 e. The number of benzene rings is 2. The van der Waals surface area contributed by atoms with Gasteiger partial charge in [0.1, 0.15) is 6.10 Å². The van der Waals surface area contributed by atoms with Crippen molar-refractivity contribution in [3.63, 3.8) is 0 Å². The zero-order valence-corrected chi connectivity index (χ0v) is 8.64. The Kier molecular flexibility index (Phi) is 2.03. The van der Waals surface area contributed by atoms with Crippen LogP contribution in [0.2, 0.25) is 0 Å². The first-order valence-electron chi connectivity index (χ1n) is 5.27. The van der Waals surface area contributed by atoms with Crippen LogP contribution in [0.25, 0.3) is 10.8 Å². The first-order valence-corrected chi connectivity index (χ1v) is 5.27. The van der Waals surface area contributed by atoms with Crippen molar-refractivity contribution in [1.82, 2.24) is 5.32 Å². The lowest BCUT2D eigenvalue weighted by atomic mass is 10.0. The van der Waals surface area contributed by atoms with Crippen LogP contribution in [0.1, 0.15) is 11.7 Å². The second-order valence-corrected chi connectivity index (χ2v) is 3.84. The quantitative estimate of drug-likeness (QED) is 0.790. The monoisotopic (exact) mass is 213 g/mol. The van der Waals surface area contributed by atoms with E-state index in [1.807, 2.05) is 24.3 Å². The lowest BCUT2D eigenvalue weighted by Gasteiger charge is -2.11. The minimum absolute atomic E-state index is 0.168. The zero-order chi connectivity index (χ0) is 11.0. The number of fused-ring (bicyclic) bond motifs is 1. The van der Waals surface area contributed by atoms with Gasteiger partial charge in [-0.25, -0.2) is 4.79 Å². The Hall–Kier alpha value is -2.03. The van der Waals surface area contributed by atoms with E-state index in [4.69, 9.17) is 4.74 Å². The van der Waals surface area contributed by atoms with Crippen LogP contribution in [-0.2, 0) is 4.74 Å². The Morgan fingerprint density at radius 2 is 1.94 bits per heavy atom. The van der Waals surface area contributed by atoms with Crippen LogP contribution in [0.15, 0.2) is 42.5 Å². The molecule has 2 aromatic carbocycles. The predicted octanol–water partition coefficient (Wildman–Crippen LogP) is 2.62. The highest BCUT2D eigenvalue weighted by Gasteiger charge is 2.25. The highest BCUT2D eigenvalue weighted by atomic mass is 16.6. The van der Waals surface area contributed by atoms with Crippen LogP contribution >= 0.6 is 0 Å². The number of cyclic esters (lactones) is 1. The van der Waals surface area contributed by atoms with Gasteiger partial charge in [0, 0.05) is 5.56 Å². The normalized spacial score (nSPS) is 19.5. The molecule has 0 saturated carbocycles. The van der Waals surface area contributed by atoms with E-state index in [0.717, 1.165) is 10.9 Å². The van der Waals surface area contributed by atoms with E-state index in [9.17, 15) is 4.79 Å². The SMILES string of the molecule is O=C1NC[C@@H](c2cccc3ccccc23)O1. The molecule has 0 bridgehead atoms. The first kappa shape index (κ1) is 9.21. The molecule has 1 saturated heterocycles. The molecule has 3 heteroatoms. The molecule has 0 aliphatic carbocycles. The Bertz CT molecular complexity index is 545. The van der Waals surface area contributed by atoms with E-state index in [1.165, 1.54) is 5.39 Å². The maximum Gasteiger partial charge on any atom is 0.407 e. The Morgan fingerprint density at radius 1 is 1.12 bits per heavy atom. The van der Waals surface area contributed by atoms with Gasteiger partial charge in [-0.3, -0.25) is 0 Å². The average Bonchev–Trinajstić information content (AvgIpc) is 2.75. The van der Waals surface area contributed by atoms with Crippen LogP contribution in [-0.4, -0.2) is 12.6 Å². The molecule has 1 fully saturated rings. The highest BCUT2D eigenvalue weighted by molar-refractivity contribution is 5.86. The van der Waals surface area contributed by atoms with Crippen molar-refractivity contribution < 1.29 is 9.53 Å². The molecule has 0 radical (unpaired) electrons. The van der Waals surface area contributed by atoms with E-state index >= 15 is 0 Å². The van der Waals surface area contributed by atoms with Gasteiger partial charge in [-0.2, -0.15) is 0 Å². The van der Waals surface area contributed by atoms with Gasteiger partial charge in [-0.05, 0) is 10.8 Å². The lowest BCUT2D eigenvalue weighted by molar-refractivity contribution is 0.142. The van der Waals surface area contributed by atoms with Crippen LogP contribution in [0.3, 0.4) is 0 Å². The van der Waals surface area contributed by atoms with Gasteiger partial charge in [0.05, 0.1) is 6.54 Å². The van der Waals surface area contributed by atoms with Crippen molar-refractivity contribution in [3.05, 3.63) is 48.0 Å². The van der Waals surface area contributed by atoms with Gasteiger partial charge in [0.15, 0.2) is 0 Å². The third kappa shape index (κ3) is 1.41. The molecule has 0 unspecified atom stereocenters. The summed E-state index contributed by atoms with van der Waals surface area (Å²) in [5.41, 5.74) is 1.07. The Morgan fingerprint density at radius 3 is 2.75 bits per heavy atom. The summed E-state index contributed by atoms with van der Waals surface area (Å²) in [6, 6.07) is 14.2. The highest BCUT2D eigenvalue weighted by Crippen LogP contribution is 2.28. The number of carbonyl (C=O) groups excluding carboxylic acids is 1. The van der Waals surface area contributed by atoms with Crippen molar-refractivity contribution in [2.45, 2.75) is 6.10 Å². The minimum Gasteiger partial charge on any atom is -0.439 e. The van der Waals surface area contributed by atoms with Crippen LogP contribution < -0.4 is 5.32 Å². The van der Waals surface area contributed by atoms with Crippen LogP contribution in [0.4, 0.5) is 4.79 Å². The maximum absolute atomic E-state index is 11.0. The fourth-order valence-corrected chi connectivity index (χ4v) is 2.09. The van der Waals surface area contributed by atoms with Crippen molar-refractivity contribution in [1.29, 1.82) is 0 Å². The zero-order valence-electron chi connectivity index (χ0n) is 8.64. The third-order valence-electron chi connectivity index (χ3n) is 2.85. The number of alkyl carbamates (subject to hydrolysis) is 1. The smallest absolute Gasteiger partial charge is 0.407 e. The van der Waals surface area contributed by atoms with E-state index in [1.54, 1.807) is 0 Å². The summed E-state index contributed by atoms with van der Waals surface area (Å²) < 4.78 is 5.21. The summed E-state index contributed by atoms with van der Waals surface area (Å²) in [6.07, 6.45) is -0.503. The summed E-state index contributed by atoms with van der Waals surface area (Å²) >= 11 is 0. The molecule has 3 rings (SSSR count). The molecule has 3 nitrogen and oxygen atoms in total. The molecule has 80 valence electrons. The summed E-state index contributed by atoms with van der Waals surface area (Å²) in [5.74, 6) is 0. The molecule has 1 atom stereocenters. The van der Waals surface area contributed by atoms with Crippen LogP contribution in [0, 0.1) is 0 Å². The van der Waals surface area contributed by atoms with Gasteiger partial charge in [-0.1, -0.05) is 42.5 Å². The average molecular weight is 213 g/mol. The van der Waals surface area contributed by atoms with Gasteiger partial charge < -0.3 is 10.1 Å². The van der Waals surface area contributed by atoms with E-state index < -0.39 is 0 Å². The number of carbonyl (C=O) groups is 1. The number of hydrogen-bond donors (Lipinski definition) is 1. The van der Waals surface area contributed by atoms with Crippen LogP contribution in [0.5, 0.6) is 0 Å². The number of amides is 1. The molecule has 1 aliphatic rings. The first-order chi connectivity index (χ1) is 7.84. The molecule has 16 heavy (non-hydrogen) atoms. The van der Waals surface area contributed by atoms with Crippen molar-refractivity contribution in [2.24, 2.45) is 0 Å². The van der Waals surface area contributed by atoms with Gasteiger partial charge in [0.2, 0.25) is 0 Å².